The van der Waals surface area contributed by atoms with Crippen LogP contribution in [0.4, 0.5) is 19.0 Å². The van der Waals surface area contributed by atoms with Crippen molar-refractivity contribution in [1.29, 1.82) is 5.26 Å². The van der Waals surface area contributed by atoms with Gasteiger partial charge in [0.25, 0.3) is 0 Å². The summed E-state index contributed by atoms with van der Waals surface area (Å²) in [6, 6.07) is 4.02. The molecule has 0 aliphatic carbocycles. The number of pyridine rings is 1. The number of nitrogen functional groups attached to an aromatic ring is 1. The Bertz CT molecular complexity index is 754. The molecule has 1 saturated heterocycles. The van der Waals surface area contributed by atoms with E-state index < -0.39 is 11.7 Å². The van der Waals surface area contributed by atoms with Crippen LogP contribution in [-0.4, -0.2) is 21.4 Å². The van der Waals surface area contributed by atoms with Crippen molar-refractivity contribution < 1.29 is 17.9 Å². The largest absolute Gasteiger partial charge is 0.417 e. The van der Waals surface area contributed by atoms with Gasteiger partial charge in [-0.1, -0.05) is 0 Å². The van der Waals surface area contributed by atoms with E-state index in [1.54, 1.807) is 0 Å². The lowest BCUT2D eigenvalue weighted by Gasteiger charge is -2.07. The number of anilines is 1. The van der Waals surface area contributed by atoms with Gasteiger partial charge in [0, 0.05) is 12.8 Å². The number of rotatable bonds is 2. The maximum absolute atomic E-state index is 12.6. The number of hydrogen-bond acceptors (Lipinski definition) is 5. The van der Waals surface area contributed by atoms with Crippen molar-refractivity contribution >= 4 is 5.82 Å². The number of alkyl halides is 3. The first-order valence-electron chi connectivity index (χ1n) is 6.85. The van der Waals surface area contributed by atoms with Crippen molar-refractivity contribution in [2.24, 2.45) is 0 Å². The van der Waals surface area contributed by atoms with Crippen LogP contribution in [0.5, 0.6) is 0 Å². The fourth-order valence-electron chi connectivity index (χ4n) is 2.44. The van der Waals surface area contributed by atoms with Gasteiger partial charge in [0.1, 0.15) is 29.2 Å². The molecule has 1 fully saturated rings. The normalized spacial score (nSPS) is 18.1. The predicted octanol–water partition coefficient (Wildman–Crippen LogP) is 2.59. The van der Waals surface area contributed by atoms with Crippen LogP contribution >= 0.6 is 0 Å². The summed E-state index contributed by atoms with van der Waals surface area (Å²) in [4.78, 5) is 3.74. The Kier molecular flexibility index (Phi) is 3.69. The number of hydrogen-bond donors (Lipinski definition) is 1. The summed E-state index contributed by atoms with van der Waals surface area (Å²) >= 11 is 0. The van der Waals surface area contributed by atoms with Crippen LogP contribution in [0.3, 0.4) is 0 Å². The van der Waals surface area contributed by atoms with Gasteiger partial charge in [-0.25, -0.2) is 4.98 Å². The zero-order chi connectivity index (χ0) is 16.6. The molecule has 3 heterocycles. The standard InChI is InChI=1S/C14H12F3N5O/c15-14(16,17)8-3-4-11(20-7-8)22-13(19)9(6-18)12(21-22)10-2-1-5-23-10/h3-4,7,10H,1-2,5,19H2/t10-/m0/s1. The van der Waals surface area contributed by atoms with Crippen molar-refractivity contribution in [3.63, 3.8) is 0 Å². The van der Waals surface area contributed by atoms with E-state index in [1.165, 1.54) is 0 Å². The van der Waals surface area contributed by atoms with E-state index in [-0.39, 0.29) is 23.3 Å². The number of halogens is 3. The van der Waals surface area contributed by atoms with Gasteiger partial charge >= 0.3 is 6.18 Å². The third kappa shape index (κ3) is 2.73. The molecule has 6 nitrogen and oxygen atoms in total. The second-order valence-corrected chi connectivity index (χ2v) is 5.07. The molecule has 0 radical (unpaired) electrons. The van der Waals surface area contributed by atoms with Crippen LogP contribution in [0.2, 0.25) is 0 Å². The molecular weight excluding hydrogens is 311 g/mol. The summed E-state index contributed by atoms with van der Waals surface area (Å²) in [5.41, 5.74) is 5.59. The molecular formula is C14H12F3N5O. The summed E-state index contributed by atoms with van der Waals surface area (Å²) in [5, 5.41) is 13.5. The van der Waals surface area contributed by atoms with E-state index in [0.29, 0.717) is 24.9 Å². The summed E-state index contributed by atoms with van der Waals surface area (Å²) in [6.45, 7) is 0.570. The van der Waals surface area contributed by atoms with Gasteiger partial charge in [-0.2, -0.15) is 28.2 Å². The molecule has 120 valence electrons. The summed E-state index contributed by atoms with van der Waals surface area (Å²) in [7, 11) is 0. The molecule has 0 saturated carbocycles. The van der Waals surface area contributed by atoms with Crippen molar-refractivity contribution in [3.8, 4) is 11.9 Å². The number of nitrogens with zero attached hydrogens (tertiary/aromatic N) is 4. The zero-order valence-corrected chi connectivity index (χ0v) is 11.8. The molecule has 2 aromatic rings. The van der Waals surface area contributed by atoms with Gasteiger partial charge < -0.3 is 10.5 Å². The minimum atomic E-state index is -4.47. The van der Waals surface area contributed by atoms with Gasteiger partial charge in [0.15, 0.2) is 5.82 Å². The lowest BCUT2D eigenvalue weighted by atomic mass is 10.1. The van der Waals surface area contributed by atoms with Crippen LogP contribution in [0, 0.1) is 11.3 Å². The van der Waals surface area contributed by atoms with Gasteiger partial charge in [-0.15, -0.1) is 0 Å². The van der Waals surface area contributed by atoms with Gasteiger partial charge in [0.05, 0.1) is 5.56 Å². The fraction of sp³-hybridized carbons (Fsp3) is 0.357. The van der Waals surface area contributed by atoms with E-state index in [4.69, 9.17) is 10.5 Å². The highest BCUT2D eigenvalue weighted by atomic mass is 19.4. The Labute approximate surface area is 129 Å². The maximum atomic E-state index is 12.6. The molecule has 23 heavy (non-hydrogen) atoms. The van der Waals surface area contributed by atoms with Crippen LogP contribution in [0.1, 0.15) is 35.8 Å². The summed E-state index contributed by atoms with van der Waals surface area (Å²) < 4.78 is 44.4. The van der Waals surface area contributed by atoms with Crippen LogP contribution < -0.4 is 5.73 Å². The molecule has 9 heteroatoms. The molecule has 0 amide bonds. The predicted molar refractivity (Wildman–Crippen MR) is 73.4 cm³/mol. The molecule has 0 spiro atoms. The van der Waals surface area contributed by atoms with Gasteiger partial charge in [-0.05, 0) is 25.0 Å². The molecule has 1 aliphatic rings. The fourth-order valence-corrected chi connectivity index (χ4v) is 2.44. The first-order chi connectivity index (χ1) is 10.9. The third-order valence-electron chi connectivity index (χ3n) is 3.59. The van der Waals surface area contributed by atoms with E-state index in [2.05, 4.69) is 10.1 Å². The molecule has 1 atom stereocenters. The van der Waals surface area contributed by atoms with Gasteiger partial charge in [-0.3, -0.25) is 0 Å². The first-order valence-corrected chi connectivity index (χ1v) is 6.85. The Morgan fingerprint density at radius 3 is 2.70 bits per heavy atom. The van der Waals surface area contributed by atoms with Crippen molar-refractivity contribution in [2.45, 2.75) is 25.1 Å². The Balaban J connectivity index is 2.01. The Morgan fingerprint density at radius 2 is 2.17 bits per heavy atom. The Hall–Kier alpha value is -2.60. The average Bonchev–Trinajstić information content (AvgIpc) is 3.14. The SMILES string of the molecule is N#Cc1c([C@@H]2CCCO2)nn(-c2ccc(C(F)(F)F)cn2)c1N. The molecule has 2 aromatic heterocycles. The van der Waals surface area contributed by atoms with E-state index in [1.807, 2.05) is 6.07 Å². The molecule has 0 bridgehead atoms. The minimum Gasteiger partial charge on any atom is -0.382 e. The van der Waals surface area contributed by atoms with Crippen LogP contribution in [0.15, 0.2) is 18.3 Å². The lowest BCUT2D eigenvalue weighted by molar-refractivity contribution is -0.137. The first kappa shape index (κ1) is 15.3. The number of ether oxygens (including phenoxy) is 1. The smallest absolute Gasteiger partial charge is 0.382 e. The molecule has 3 rings (SSSR count). The second kappa shape index (κ2) is 5.55. The van der Waals surface area contributed by atoms with Crippen LogP contribution in [0.25, 0.3) is 5.82 Å². The lowest BCUT2D eigenvalue weighted by Crippen LogP contribution is -2.09. The highest BCUT2D eigenvalue weighted by molar-refractivity contribution is 5.56. The maximum Gasteiger partial charge on any atom is 0.417 e. The third-order valence-corrected chi connectivity index (χ3v) is 3.59. The van der Waals surface area contributed by atoms with E-state index >= 15 is 0 Å². The average molecular weight is 323 g/mol. The highest BCUT2D eigenvalue weighted by Crippen LogP contribution is 2.33. The van der Waals surface area contributed by atoms with E-state index in [9.17, 15) is 18.4 Å². The second-order valence-electron chi connectivity index (χ2n) is 5.07. The zero-order valence-electron chi connectivity index (χ0n) is 11.8. The minimum absolute atomic E-state index is 0.0326. The van der Waals surface area contributed by atoms with Gasteiger partial charge in [0.2, 0.25) is 0 Å². The molecule has 0 unspecified atom stereocenters. The number of nitriles is 1. The van der Waals surface area contributed by atoms with E-state index in [0.717, 1.165) is 23.2 Å². The topological polar surface area (TPSA) is 89.8 Å². The summed E-state index contributed by atoms with van der Waals surface area (Å²) in [6.07, 6.45) is -2.54. The summed E-state index contributed by atoms with van der Waals surface area (Å²) in [5.74, 6) is 0.140. The molecule has 0 aromatic carbocycles. The van der Waals surface area contributed by atoms with Crippen molar-refractivity contribution in [3.05, 3.63) is 35.2 Å². The highest BCUT2D eigenvalue weighted by Gasteiger charge is 2.31. The van der Waals surface area contributed by atoms with Crippen molar-refractivity contribution in [1.82, 2.24) is 14.8 Å². The molecule has 1 aliphatic heterocycles. The van der Waals surface area contributed by atoms with Crippen molar-refractivity contribution in [2.75, 3.05) is 12.3 Å². The monoisotopic (exact) mass is 323 g/mol. The Morgan fingerprint density at radius 1 is 1.39 bits per heavy atom. The number of aromatic nitrogens is 3. The molecule has 2 N–H and O–H groups in total. The van der Waals surface area contributed by atoms with Crippen LogP contribution in [-0.2, 0) is 10.9 Å². The quantitative estimate of drug-likeness (QED) is 0.917. The number of nitrogens with two attached hydrogens (primary N) is 1.